The first kappa shape index (κ1) is 24.3. The third-order valence-corrected chi connectivity index (χ3v) is 6.03. The lowest BCUT2D eigenvalue weighted by atomic mass is 10.0. The van der Waals surface area contributed by atoms with Gasteiger partial charge in [-0.1, -0.05) is 34.0 Å². The fourth-order valence-electron chi connectivity index (χ4n) is 4.09. The van der Waals surface area contributed by atoms with Crippen molar-refractivity contribution in [2.45, 2.75) is 43.4 Å². The van der Waals surface area contributed by atoms with Crippen molar-refractivity contribution in [2.24, 2.45) is 0 Å². The smallest absolute Gasteiger partial charge is 0.414 e. The molecule has 1 aromatic heterocycles. The second-order valence-electron chi connectivity index (χ2n) is 8.13. The molecule has 4 rings (SSSR count). The van der Waals surface area contributed by atoms with Crippen LogP contribution in [0, 0.1) is 5.82 Å². The van der Waals surface area contributed by atoms with Gasteiger partial charge in [-0.3, -0.25) is 4.90 Å². The van der Waals surface area contributed by atoms with Crippen LogP contribution in [-0.2, 0) is 20.8 Å². The van der Waals surface area contributed by atoms with Gasteiger partial charge in [-0.2, -0.15) is 0 Å². The molecule has 1 amide bonds. The Morgan fingerprint density at radius 1 is 1.35 bits per heavy atom. The number of anilines is 2. The van der Waals surface area contributed by atoms with Crippen LogP contribution in [0.25, 0.3) is 0 Å². The second kappa shape index (κ2) is 10.6. The Balaban J connectivity index is 1.34. The first-order chi connectivity index (χ1) is 16.3. The van der Waals surface area contributed by atoms with E-state index in [0.29, 0.717) is 50.4 Å². The third-order valence-electron chi connectivity index (χ3n) is 5.68. The van der Waals surface area contributed by atoms with Gasteiger partial charge < -0.3 is 14.4 Å². The number of carbonyl (C=O) groups excluding carboxylic acids is 2. The summed E-state index contributed by atoms with van der Waals surface area (Å²) < 4.78 is 27.1. The molecular weight excluding hydrogens is 488 g/mol. The van der Waals surface area contributed by atoms with Crippen LogP contribution in [0.15, 0.2) is 42.2 Å². The zero-order chi connectivity index (χ0) is 24.2. The van der Waals surface area contributed by atoms with Gasteiger partial charge in [-0.25, -0.2) is 18.7 Å². The first-order valence-corrected chi connectivity index (χ1v) is 11.7. The van der Waals surface area contributed by atoms with Crippen LogP contribution in [0.3, 0.4) is 0 Å². The average molecular weight is 512 g/mol. The Hall–Kier alpha value is -2.85. The number of benzene rings is 1. The van der Waals surface area contributed by atoms with Crippen LogP contribution in [-0.4, -0.2) is 63.7 Å². The minimum Gasteiger partial charge on any atom is -0.456 e. The van der Waals surface area contributed by atoms with Crippen molar-refractivity contribution in [1.82, 2.24) is 15.0 Å². The Labute approximate surface area is 206 Å². The Kier molecular flexibility index (Phi) is 7.57. The molecule has 2 aliphatic rings. The molecule has 9 nitrogen and oxygen atoms in total. The summed E-state index contributed by atoms with van der Waals surface area (Å²) >= 11 is 11.0. The largest absolute Gasteiger partial charge is 0.456 e. The minimum atomic E-state index is -1.21. The summed E-state index contributed by atoms with van der Waals surface area (Å²) in [5.74, 6) is -1.09. The lowest BCUT2D eigenvalue weighted by Crippen LogP contribution is -2.32. The number of piperidine rings is 1. The van der Waals surface area contributed by atoms with Crippen LogP contribution in [0.1, 0.15) is 19.8 Å². The van der Waals surface area contributed by atoms with Crippen molar-refractivity contribution >= 4 is 46.6 Å². The number of alkyl halides is 2. The summed E-state index contributed by atoms with van der Waals surface area (Å²) in [6, 6.07) is 4.76. The van der Waals surface area contributed by atoms with Gasteiger partial charge in [0, 0.05) is 19.3 Å². The van der Waals surface area contributed by atoms with Crippen molar-refractivity contribution in [3.05, 3.63) is 48.1 Å². The Morgan fingerprint density at radius 3 is 2.76 bits per heavy atom. The third kappa shape index (κ3) is 5.79. The molecule has 12 heteroatoms. The number of carbonyl (C=O) groups is 2. The second-order valence-corrected chi connectivity index (χ2v) is 9.23. The van der Waals surface area contributed by atoms with Crippen LogP contribution >= 0.6 is 23.2 Å². The van der Waals surface area contributed by atoms with E-state index in [1.807, 2.05) is 11.0 Å². The molecule has 1 unspecified atom stereocenters. The summed E-state index contributed by atoms with van der Waals surface area (Å²) in [5.41, 5.74) is 2.03. The van der Waals surface area contributed by atoms with Crippen LogP contribution in [0.4, 0.5) is 20.6 Å². The molecule has 2 aliphatic heterocycles. The Morgan fingerprint density at radius 2 is 2.12 bits per heavy atom. The summed E-state index contributed by atoms with van der Waals surface area (Å²) in [5, 5.41) is 7.61. The number of ether oxygens (including phenoxy) is 2. The number of halogens is 3. The van der Waals surface area contributed by atoms with E-state index in [-0.39, 0.29) is 0 Å². The highest BCUT2D eigenvalue weighted by atomic mass is 35.5. The maximum atomic E-state index is 15.0. The lowest BCUT2D eigenvalue weighted by molar-refractivity contribution is -0.144. The molecule has 2 fully saturated rings. The van der Waals surface area contributed by atoms with Crippen LogP contribution in [0.2, 0.25) is 0 Å². The molecule has 2 aromatic rings. The highest BCUT2D eigenvalue weighted by molar-refractivity contribution is 6.52. The van der Waals surface area contributed by atoms with Crippen LogP contribution in [0.5, 0.6) is 0 Å². The van der Waals surface area contributed by atoms with E-state index >= 15 is 4.39 Å². The standard InChI is InChI=1S/C22H24Cl2FN5O4/c1-14(33-21(31)20(23)24)10-15-4-7-28(8-5-15)19-3-2-16(11-18(19)25)30-13-17(34-22(30)32)12-29-9-6-26-27-29/h2-3,6,9-11,14,17,20H,4-5,7-8,12-13H2,1H3/t14?,17-/m0/s1. The molecule has 2 saturated heterocycles. The van der Waals surface area contributed by atoms with Gasteiger partial charge >= 0.3 is 12.1 Å². The molecule has 2 atom stereocenters. The topological polar surface area (TPSA) is 89.8 Å². The molecule has 0 spiro atoms. The summed E-state index contributed by atoms with van der Waals surface area (Å²) in [6.07, 6.45) is 5.16. The van der Waals surface area contributed by atoms with E-state index in [0.717, 1.165) is 5.57 Å². The molecule has 3 heterocycles. The Bertz CT molecular complexity index is 1060. The molecule has 0 aliphatic carbocycles. The van der Waals surface area contributed by atoms with Crippen molar-refractivity contribution in [3.8, 4) is 0 Å². The predicted octanol–water partition coefficient (Wildman–Crippen LogP) is 3.70. The summed E-state index contributed by atoms with van der Waals surface area (Å²) in [6.45, 7) is 3.64. The molecule has 0 N–H and O–H groups in total. The van der Waals surface area contributed by atoms with E-state index in [2.05, 4.69) is 10.3 Å². The minimum absolute atomic E-state index is 0.298. The van der Waals surface area contributed by atoms with Gasteiger partial charge in [0.25, 0.3) is 0 Å². The van der Waals surface area contributed by atoms with Gasteiger partial charge in [-0.05, 0) is 44.0 Å². The highest BCUT2D eigenvalue weighted by Gasteiger charge is 2.33. The van der Waals surface area contributed by atoms with E-state index < -0.39 is 34.9 Å². The monoisotopic (exact) mass is 511 g/mol. The number of esters is 1. The van der Waals surface area contributed by atoms with Gasteiger partial charge in [-0.15, -0.1) is 5.10 Å². The predicted molar refractivity (Wildman–Crippen MR) is 125 cm³/mol. The maximum absolute atomic E-state index is 15.0. The molecule has 0 saturated carbocycles. The van der Waals surface area contributed by atoms with Gasteiger partial charge in [0.1, 0.15) is 18.0 Å². The van der Waals surface area contributed by atoms with E-state index in [1.54, 1.807) is 36.1 Å². The molecule has 182 valence electrons. The maximum Gasteiger partial charge on any atom is 0.414 e. The molecule has 0 radical (unpaired) electrons. The van der Waals surface area contributed by atoms with E-state index in [4.69, 9.17) is 32.7 Å². The average Bonchev–Trinajstić information content (AvgIpc) is 3.44. The van der Waals surface area contributed by atoms with Crippen molar-refractivity contribution in [2.75, 3.05) is 29.4 Å². The van der Waals surface area contributed by atoms with Crippen molar-refractivity contribution in [1.29, 1.82) is 0 Å². The zero-order valence-electron chi connectivity index (χ0n) is 18.4. The summed E-state index contributed by atoms with van der Waals surface area (Å²) in [7, 11) is 0. The fraction of sp³-hybridized carbons (Fsp3) is 0.455. The zero-order valence-corrected chi connectivity index (χ0v) is 20.0. The number of amides is 1. The number of rotatable bonds is 7. The van der Waals surface area contributed by atoms with Gasteiger partial charge in [0.05, 0.1) is 30.7 Å². The van der Waals surface area contributed by atoms with E-state index in [1.165, 1.54) is 11.0 Å². The van der Waals surface area contributed by atoms with Crippen molar-refractivity contribution in [3.63, 3.8) is 0 Å². The van der Waals surface area contributed by atoms with E-state index in [9.17, 15) is 9.59 Å². The molecule has 34 heavy (non-hydrogen) atoms. The number of cyclic esters (lactones) is 1. The molecular formula is C22H24Cl2FN5O4. The summed E-state index contributed by atoms with van der Waals surface area (Å²) in [4.78, 5) is 26.0. The molecule has 0 bridgehead atoms. The number of nitrogens with zero attached hydrogens (tertiary/aromatic N) is 5. The quantitative estimate of drug-likeness (QED) is 0.318. The first-order valence-electron chi connectivity index (χ1n) is 10.8. The number of hydrogen-bond donors (Lipinski definition) is 0. The molecule has 1 aromatic carbocycles. The SMILES string of the molecule is CC(C=C1CCN(c2ccc(N3C[C@H](Cn4ccnn4)OC3=O)cc2F)CC1)OC(=O)C(Cl)Cl. The van der Waals surface area contributed by atoms with Gasteiger partial charge in [0.2, 0.25) is 4.84 Å². The number of hydrogen-bond acceptors (Lipinski definition) is 7. The lowest BCUT2D eigenvalue weighted by Gasteiger charge is -2.31. The highest BCUT2D eigenvalue weighted by Crippen LogP contribution is 2.30. The van der Waals surface area contributed by atoms with Crippen molar-refractivity contribution < 1.29 is 23.5 Å². The normalized spacial score (nSPS) is 19.4. The van der Waals surface area contributed by atoms with Crippen LogP contribution < -0.4 is 9.80 Å². The number of aromatic nitrogens is 3. The fourth-order valence-corrected chi connectivity index (χ4v) is 4.19. The van der Waals surface area contributed by atoms with Gasteiger partial charge in [0.15, 0.2) is 0 Å².